The van der Waals surface area contributed by atoms with Crippen LogP contribution in [0.1, 0.15) is 29.8 Å². The van der Waals surface area contributed by atoms with Crippen LogP contribution in [0.15, 0.2) is 65.8 Å². The molecule has 8 heteroatoms. The number of ether oxygens (including phenoxy) is 1. The van der Waals surface area contributed by atoms with Crippen LogP contribution in [0.5, 0.6) is 0 Å². The Balaban J connectivity index is 1.43. The third kappa shape index (κ3) is 6.22. The largest absolute Gasteiger partial charge is 0.377 e. The van der Waals surface area contributed by atoms with Crippen LogP contribution in [-0.2, 0) is 22.6 Å². The first-order valence-corrected chi connectivity index (χ1v) is 12.0. The molecule has 0 spiro atoms. The van der Waals surface area contributed by atoms with Gasteiger partial charge in [-0.1, -0.05) is 71.9 Å². The average molecular weight is 469 g/mol. The highest BCUT2D eigenvalue weighted by atomic mass is 35.5. The van der Waals surface area contributed by atoms with Gasteiger partial charge in [0, 0.05) is 23.5 Å². The van der Waals surface area contributed by atoms with Crippen LogP contribution < -0.4 is 5.32 Å². The molecule has 6 nitrogen and oxygen atoms in total. The van der Waals surface area contributed by atoms with Crippen LogP contribution >= 0.6 is 23.4 Å². The molecule has 4 rings (SSSR count). The predicted molar refractivity (Wildman–Crippen MR) is 128 cm³/mol. The maximum atomic E-state index is 12.4. The summed E-state index contributed by atoms with van der Waals surface area (Å²) in [6, 6.07) is 17.6. The minimum atomic E-state index is -0.215. The van der Waals surface area contributed by atoms with Gasteiger partial charge < -0.3 is 14.6 Å². The van der Waals surface area contributed by atoms with Crippen molar-refractivity contribution in [2.75, 3.05) is 12.4 Å². The highest BCUT2D eigenvalue weighted by Gasteiger charge is 2.19. The first-order valence-electron chi connectivity index (χ1n) is 10.6. The molecule has 1 N–H and O–H groups in total. The summed E-state index contributed by atoms with van der Waals surface area (Å²) in [7, 11) is 0. The summed E-state index contributed by atoms with van der Waals surface area (Å²) in [6.07, 6.45) is 5.64. The van der Waals surface area contributed by atoms with Crippen molar-refractivity contribution in [3.63, 3.8) is 0 Å². The fourth-order valence-corrected chi connectivity index (χ4v) is 4.65. The molecule has 1 unspecified atom stereocenters. The topological polar surface area (TPSA) is 69.0 Å². The third-order valence-corrected chi connectivity index (χ3v) is 6.58. The van der Waals surface area contributed by atoms with Gasteiger partial charge in [-0.15, -0.1) is 10.2 Å². The van der Waals surface area contributed by atoms with Crippen LogP contribution in [0.3, 0.4) is 0 Å². The Morgan fingerprint density at radius 2 is 2.00 bits per heavy atom. The Morgan fingerprint density at radius 1 is 1.19 bits per heavy atom. The smallest absolute Gasteiger partial charge is 0.244 e. The molecule has 1 saturated heterocycles. The summed E-state index contributed by atoms with van der Waals surface area (Å²) < 4.78 is 7.80. The zero-order valence-corrected chi connectivity index (χ0v) is 19.2. The summed E-state index contributed by atoms with van der Waals surface area (Å²) in [5, 5.41) is 13.1. The quantitative estimate of drug-likeness (QED) is 0.367. The van der Waals surface area contributed by atoms with Crippen molar-refractivity contribution in [3.05, 3.63) is 82.6 Å². The van der Waals surface area contributed by atoms with E-state index in [1.54, 1.807) is 23.9 Å². The van der Waals surface area contributed by atoms with E-state index < -0.39 is 0 Å². The van der Waals surface area contributed by atoms with Crippen molar-refractivity contribution in [3.8, 4) is 0 Å². The van der Waals surface area contributed by atoms with E-state index in [-0.39, 0.29) is 18.6 Å². The number of carbonyl (C=O) groups is 1. The molecule has 1 atom stereocenters. The van der Waals surface area contributed by atoms with E-state index in [0.29, 0.717) is 17.4 Å². The zero-order chi connectivity index (χ0) is 22.2. The number of nitrogens with one attached hydrogen (secondary N) is 1. The molecule has 1 aromatic heterocycles. The van der Waals surface area contributed by atoms with Gasteiger partial charge in [-0.25, -0.2) is 0 Å². The summed E-state index contributed by atoms with van der Waals surface area (Å²) >= 11 is 7.79. The summed E-state index contributed by atoms with van der Waals surface area (Å²) in [5.41, 5.74) is 1.95. The number of rotatable bonds is 9. The molecule has 0 aliphatic carbocycles. The molecule has 1 fully saturated rings. The Hall–Kier alpha value is -2.61. The number of benzene rings is 2. The van der Waals surface area contributed by atoms with E-state index in [1.165, 1.54) is 6.08 Å². The summed E-state index contributed by atoms with van der Waals surface area (Å²) in [4.78, 5) is 12.4. The van der Waals surface area contributed by atoms with E-state index in [4.69, 9.17) is 16.3 Å². The second-order valence-corrected chi connectivity index (χ2v) is 8.88. The predicted octanol–water partition coefficient (Wildman–Crippen LogP) is 4.58. The fraction of sp³-hybridized carbons (Fsp3) is 0.292. The number of nitrogens with zero attached hydrogens (tertiary/aromatic N) is 3. The molecule has 0 radical (unpaired) electrons. The molecule has 166 valence electrons. The van der Waals surface area contributed by atoms with Crippen molar-refractivity contribution in [1.82, 2.24) is 20.1 Å². The number of carbonyl (C=O) groups excluding carboxylic acids is 1. The average Bonchev–Trinajstić information content (AvgIpc) is 3.46. The van der Waals surface area contributed by atoms with Crippen LogP contribution in [0.2, 0.25) is 5.02 Å². The lowest BCUT2D eigenvalue weighted by molar-refractivity contribution is -0.116. The SMILES string of the molecule is O=C(/C=C/c1ccccc1Cl)NCc1nnc(SCC2CCCO2)n1Cc1ccccc1. The van der Waals surface area contributed by atoms with Crippen LogP contribution in [0.25, 0.3) is 6.08 Å². The number of hydrogen-bond donors (Lipinski definition) is 1. The monoisotopic (exact) mass is 468 g/mol. The fourth-order valence-electron chi connectivity index (χ4n) is 3.43. The number of halogens is 1. The number of thioether (sulfide) groups is 1. The van der Waals surface area contributed by atoms with E-state index in [1.807, 2.05) is 36.4 Å². The van der Waals surface area contributed by atoms with Crippen molar-refractivity contribution in [2.45, 2.75) is 37.2 Å². The lowest BCUT2D eigenvalue weighted by Crippen LogP contribution is -2.23. The molecule has 0 saturated carbocycles. The van der Waals surface area contributed by atoms with Crippen LogP contribution in [0.4, 0.5) is 0 Å². The molecule has 0 bridgehead atoms. The van der Waals surface area contributed by atoms with Gasteiger partial charge >= 0.3 is 0 Å². The molecule has 2 heterocycles. The van der Waals surface area contributed by atoms with E-state index >= 15 is 0 Å². The maximum absolute atomic E-state index is 12.4. The molecule has 1 aliphatic heterocycles. The van der Waals surface area contributed by atoms with Crippen molar-refractivity contribution in [2.24, 2.45) is 0 Å². The van der Waals surface area contributed by atoms with E-state index in [0.717, 1.165) is 41.5 Å². The van der Waals surface area contributed by atoms with Crippen LogP contribution in [-0.4, -0.2) is 39.1 Å². The van der Waals surface area contributed by atoms with Gasteiger partial charge in [0.15, 0.2) is 11.0 Å². The Kier molecular flexibility index (Phi) is 7.98. The molecule has 1 amide bonds. The minimum absolute atomic E-state index is 0.215. The highest BCUT2D eigenvalue weighted by molar-refractivity contribution is 7.99. The Morgan fingerprint density at radius 3 is 2.78 bits per heavy atom. The van der Waals surface area contributed by atoms with Gasteiger partial charge in [-0.3, -0.25) is 4.79 Å². The third-order valence-electron chi connectivity index (χ3n) is 5.14. The molecule has 3 aromatic rings. The van der Waals surface area contributed by atoms with Gasteiger partial charge in [-0.2, -0.15) is 0 Å². The Labute approximate surface area is 197 Å². The van der Waals surface area contributed by atoms with Crippen LogP contribution in [0, 0.1) is 0 Å². The lowest BCUT2D eigenvalue weighted by atomic mass is 10.2. The second-order valence-electron chi connectivity index (χ2n) is 7.49. The normalized spacial score (nSPS) is 16.0. The highest BCUT2D eigenvalue weighted by Crippen LogP contribution is 2.24. The second kappa shape index (κ2) is 11.3. The van der Waals surface area contributed by atoms with Gasteiger partial charge in [0.2, 0.25) is 5.91 Å². The molecule has 1 aliphatic rings. The number of aromatic nitrogens is 3. The first kappa shape index (κ1) is 22.6. The van der Waals surface area contributed by atoms with Crippen molar-refractivity contribution >= 4 is 35.3 Å². The number of hydrogen-bond acceptors (Lipinski definition) is 5. The molecule has 32 heavy (non-hydrogen) atoms. The molecular weight excluding hydrogens is 444 g/mol. The lowest BCUT2D eigenvalue weighted by Gasteiger charge is -2.12. The maximum Gasteiger partial charge on any atom is 0.244 e. The first-order chi connectivity index (χ1) is 15.7. The zero-order valence-electron chi connectivity index (χ0n) is 17.6. The standard InChI is InChI=1S/C24H25ClN4O2S/c25-21-11-5-4-9-19(21)12-13-23(30)26-15-22-27-28-24(32-17-20-10-6-14-31-20)29(22)16-18-7-2-1-3-8-18/h1-5,7-9,11-13,20H,6,10,14-17H2,(H,26,30)/b13-12+. The van der Waals surface area contributed by atoms with Gasteiger partial charge in [-0.05, 0) is 36.1 Å². The minimum Gasteiger partial charge on any atom is -0.377 e. The summed E-state index contributed by atoms with van der Waals surface area (Å²) in [6.45, 7) is 1.76. The number of amides is 1. The summed E-state index contributed by atoms with van der Waals surface area (Å²) in [5.74, 6) is 1.34. The van der Waals surface area contributed by atoms with E-state index in [2.05, 4.69) is 32.2 Å². The van der Waals surface area contributed by atoms with Crippen molar-refractivity contribution < 1.29 is 9.53 Å². The van der Waals surface area contributed by atoms with Gasteiger partial charge in [0.1, 0.15) is 0 Å². The van der Waals surface area contributed by atoms with Crippen molar-refractivity contribution in [1.29, 1.82) is 0 Å². The molecule has 2 aromatic carbocycles. The van der Waals surface area contributed by atoms with Gasteiger partial charge in [0.05, 0.1) is 19.2 Å². The molecular formula is C24H25ClN4O2S. The van der Waals surface area contributed by atoms with Gasteiger partial charge in [0.25, 0.3) is 0 Å². The Bertz CT molecular complexity index is 1060. The van der Waals surface area contributed by atoms with E-state index in [9.17, 15) is 4.79 Å².